The second kappa shape index (κ2) is 3.71. The molecule has 0 aliphatic rings. The molecular formula is C10H11N3O2S. The van der Waals surface area contributed by atoms with Gasteiger partial charge in [0.05, 0.1) is 5.39 Å². The molecule has 6 heteroatoms. The molecule has 0 aliphatic heterocycles. The lowest BCUT2D eigenvalue weighted by Gasteiger charge is -2.21. The Morgan fingerprint density at radius 2 is 2.25 bits per heavy atom. The summed E-state index contributed by atoms with van der Waals surface area (Å²) >= 11 is 1.50. The number of carboxylic acid groups (broad SMARTS) is 1. The number of nitrogens with one attached hydrogen (secondary N) is 1. The molecule has 0 atom stereocenters. The SMILES string of the molecule is CC(C)(Nc1ncnc2sccc12)C(=O)O. The molecule has 2 aromatic rings. The summed E-state index contributed by atoms with van der Waals surface area (Å²) in [5, 5.41) is 14.7. The van der Waals surface area contributed by atoms with Crippen molar-refractivity contribution in [1.29, 1.82) is 0 Å². The van der Waals surface area contributed by atoms with Crippen LogP contribution in [0.15, 0.2) is 17.8 Å². The highest BCUT2D eigenvalue weighted by Crippen LogP contribution is 2.25. The summed E-state index contributed by atoms with van der Waals surface area (Å²) in [5.74, 6) is -0.367. The molecule has 16 heavy (non-hydrogen) atoms. The van der Waals surface area contributed by atoms with Gasteiger partial charge in [-0.25, -0.2) is 14.8 Å². The average Bonchev–Trinajstić information content (AvgIpc) is 2.65. The van der Waals surface area contributed by atoms with Crippen molar-refractivity contribution in [1.82, 2.24) is 9.97 Å². The number of anilines is 1. The van der Waals surface area contributed by atoms with Gasteiger partial charge in [-0.05, 0) is 25.3 Å². The Labute approximate surface area is 96.2 Å². The van der Waals surface area contributed by atoms with Gasteiger partial charge in [-0.3, -0.25) is 0 Å². The fourth-order valence-corrected chi connectivity index (χ4v) is 1.97. The fraction of sp³-hybridized carbons (Fsp3) is 0.300. The number of aliphatic carboxylic acids is 1. The molecule has 0 unspecified atom stereocenters. The summed E-state index contributed by atoms with van der Waals surface area (Å²) in [6.45, 7) is 3.19. The Morgan fingerprint density at radius 1 is 1.50 bits per heavy atom. The lowest BCUT2D eigenvalue weighted by Crippen LogP contribution is -2.40. The molecule has 0 spiro atoms. The number of aromatic nitrogens is 2. The summed E-state index contributed by atoms with van der Waals surface area (Å²) in [5.41, 5.74) is -1.05. The minimum absolute atomic E-state index is 0.554. The monoisotopic (exact) mass is 237 g/mol. The van der Waals surface area contributed by atoms with Gasteiger partial charge in [0.1, 0.15) is 22.5 Å². The van der Waals surface area contributed by atoms with Crippen LogP contribution in [0.1, 0.15) is 13.8 Å². The molecule has 0 radical (unpaired) electrons. The molecule has 0 amide bonds. The van der Waals surface area contributed by atoms with Gasteiger partial charge in [0.15, 0.2) is 0 Å². The highest BCUT2D eigenvalue weighted by molar-refractivity contribution is 7.16. The van der Waals surface area contributed by atoms with E-state index >= 15 is 0 Å². The number of rotatable bonds is 3. The van der Waals surface area contributed by atoms with Crippen LogP contribution >= 0.6 is 11.3 Å². The Kier molecular flexibility index (Phi) is 2.51. The summed E-state index contributed by atoms with van der Waals surface area (Å²) in [4.78, 5) is 20.0. The molecule has 2 rings (SSSR count). The Hall–Kier alpha value is -1.69. The molecular weight excluding hydrogens is 226 g/mol. The van der Waals surface area contributed by atoms with Crippen LogP contribution in [0.4, 0.5) is 5.82 Å². The predicted octanol–water partition coefficient (Wildman–Crippen LogP) is 1.97. The number of fused-ring (bicyclic) bond motifs is 1. The maximum atomic E-state index is 11.0. The molecule has 0 fully saturated rings. The Morgan fingerprint density at radius 3 is 2.94 bits per heavy atom. The number of nitrogens with zero attached hydrogens (tertiary/aromatic N) is 2. The van der Waals surface area contributed by atoms with Gasteiger partial charge < -0.3 is 10.4 Å². The second-order valence-electron chi connectivity index (χ2n) is 3.92. The Bertz CT molecular complexity index is 536. The van der Waals surface area contributed by atoms with Crippen LogP contribution in [0.3, 0.4) is 0 Å². The quantitative estimate of drug-likeness (QED) is 0.853. The van der Waals surface area contributed by atoms with E-state index in [1.807, 2.05) is 11.4 Å². The standard InChI is InChI=1S/C10H11N3O2S/c1-10(2,9(14)15)13-7-6-3-4-16-8(6)12-5-11-7/h3-5H,1-2H3,(H,14,15)(H,11,12,13). The van der Waals surface area contributed by atoms with Gasteiger partial charge in [0, 0.05) is 0 Å². The van der Waals surface area contributed by atoms with Crippen molar-refractivity contribution < 1.29 is 9.90 Å². The lowest BCUT2D eigenvalue weighted by atomic mass is 10.1. The first-order valence-corrected chi connectivity index (χ1v) is 5.58. The third-order valence-corrected chi connectivity index (χ3v) is 3.05. The molecule has 2 aromatic heterocycles. The zero-order valence-corrected chi connectivity index (χ0v) is 9.71. The molecule has 5 nitrogen and oxygen atoms in total. The van der Waals surface area contributed by atoms with E-state index in [1.54, 1.807) is 13.8 Å². The van der Waals surface area contributed by atoms with Gasteiger partial charge >= 0.3 is 5.97 Å². The van der Waals surface area contributed by atoms with Crippen LogP contribution in [0, 0.1) is 0 Å². The highest BCUT2D eigenvalue weighted by Gasteiger charge is 2.27. The summed E-state index contributed by atoms with van der Waals surface area (Å²) in [6, 6.07) is 1.88. The molecule has 0 aromatic carbocycles. The Balaban J connectivity index is 2.41. The maximum Gasteiger partial charge on any atom is 0.328 e. The van der Waals surface area contributed by atoms with Gasteiger partial charge in [0.2, 0.25) is 0 Å². The third-order valence-electron chi connectivity index (χ3n) is 2.23. The van der Waals surface area contributed by atoms with E-state index in [1.165, 1.54) is 17.7 Å². The third kappa shape index (κ3) is 1.83. The molecule has 0 aliphatic carbocycles. The van der Waals surface area contributed by atoms with E-state index in [2.05, 4.69) is 15.3 Å². The molecule has 2 N–H and O–H groups in total. The van der Waals surface area contributed by atoms with Gasteiger partial charge in [-0.2, -0.15) is 0 Å². The first-order valence-electron chi connectivity index (χ1n) is 4.70. The van der Waals surface area contributed by atoms with Crippen molar-refractivity contribution in [3.63, 3.8) is 0 Å². The topological polar surface area (TPSA) is 75.1 Å². The van der Waals surface area contributed by atoms with Crippen molar-refractivity contribution in [3.8, 4) is 0 Å². The van der Waals surface area contributed by atoms with Crippen molar-refractivity contribution >= 4 is 33.3 Å². The highest BCUT2D eigenvalue weighted by atomic mass is 32.1. The fourth-order valence-electron chi connectivity index (χ4n) is 1.24. The van der Waals surface area contributed by atoms with Gasteiger partial charge in [0.25, 0.3) is 0 Å². The first kappa shape index (κ1) is 10.8. The summed E-state index contributed by atoms with van der Waals surface area (Å²) < 4.78 is 0. The second-order valence-corrected chi connectivity index (χ2v) is 4.81. The van der Waals surface area contributed by atoms with Crippen molar-refractivity contribution in [2.75, 3.05) is 5.32 Å². The largest absolute Gasteiger partial charge is 0.480 e. The van der Waals surface area contributed by atoms with Crippen molar-refractivity contribution in [2.24, 2.45) is 0 Å². The molecule has 0 saturated heterocycles. The summed E-state index contributed by atoms with van der Waals surface area (Å²) in [6.07, 6.45) is 1.43. The van der Waals surface area contributed by atoms with E-state index in [-0.39, 0.29) is 0 Å². The number of hydrogen-bond acceptors (Lipinski definition) is 5. The zero-order chi connectivity index (χ0) is 11.8. The minimum atomic E-state index is -1.05. The number of thiophene rings is 1. The smallest absolute Gasteiger partial charge is 0.328 e. The van der Waals surface area contributed by atoms with E-state index in [4.69, 9.17) is 5.11 Å². The van der Waals surface area contributed by atoms with Crippen LogP contribution in [0.2, 0.25) is 0 Å². The molecule has 2 heterocycles. The van der Waals surface area contributed by atoms with E-state index in [9.17, 15) is 4.79 Å². The normalized spacial score (nSPS) is 11.6. The van der Waals surface area contributed by atoms with Crippen molar-refractivity contribution in [3.05, 3.63) is 17.8 Å². The summed E-state index contributed by atoms with van der Waals surface area (Å²) in [7, 11) is 0. The number of carbonyl (C=O) groups is 1. The van der Waals surface area contributed by atoms with E-state index < -0.39 is 11.5 Å². The van der Waals surface area contributed by atoms with Crippen molar-refractivity contribution in [2.45, 2.75) is 19.4 Å². The van der Waals surface area contributed by atoms with E-state index in [0.717, 1.165) is 10.2 Å². The zero-order valence-electron chi connectivity index (χ0n) is 8.89. The minimum Gasteiger partial charge on any atom is -0.480 e. The van der Waals surface area contributed by atoms with Crippen LogP contribution < -0.4 is 5.32 Å². The van der Waals surface area contributed by atoms with Gasteiger partial charge in [-0.15, -0.1) is 11.3 Å². The number of carboxylic acids is 1. The average molecular weight is 237 g/mol. The van der Waals surface area contributed by atoms with Crippen LogP contribution in [0.25, 0.3) is 10.2 Å². The molecule has 84 valence electrons. The van der Waals surface area contributed by atoms with Crippen LogP contribution in [0.5, 0.6) is 0 Å². The predicted molar refractivity (Wildman–Crippen MR) is 62.8 cm³/mol. The van der Waals surface area contributed by atoms with Crippen LogP contribution in [-0.4, -0.2) is 26.6 Å². The first-order chi connectivity index (χ1) is 7.50. The van der Waals surface area contributed by atoms with E-state index in [0.29, 0.717) is 5.82 Å². The van der Waals surface area contributed by atoms with Gasteiger partial charge in [-0.1, -0.05) is 0 Å². The van der Waals surface area contributed by atoms with Crippen LogP contribution in [-0.2, 0) is 4.79 Å². The maximum absolute atomic E-state index is 11.0. The lowest BCUT2D eigenvalue weighted by molar-refractivity contribution is -0.141. The number of hydrogen-bond donors (Lipinski definition) is 2. The molecule has 0 saturated carbocycles. The molecule has 0 bridgehead atoms.